The van der Waals surface area contributed by atoms with E-state index in [0.29, 0.717) is 11.3 Å². The standard InChI is InChI=1S/C10H15FN2O2/c1-6-2-10(9(12)3-8(6)11)13-7(4-14)5-15/h2-3,7,13-15H,4-5,12H2,1H3. The van der Waals surface area contributed by atoms with E-state index in [0.717, 1.165) is 0 Å². The second kappa shape index (κ2) is 4.95. The van der Waals surface area contributed by atoms with Crippen LogP contribution in [0.3, 0.4) is 0 Å². The molecule has 0 radical (unpaired) electrons. The zero-order valence-corrected chi connectivity index (χ0v) is 8.50. The van der Waals surface area contributed by atoms with Crippen LogP contribution in [-0.2, 0) is 0 Å². The van der Waals surface area contributed by atoms with Crippen LogP contribution in [0.2, 0.25) is 0 Å². The number of aliphatic hydroxyl groups excluding tert-OH is 2. The molecule has 1 aromatic rings. The summed E-state index contributed by atoms with van der Waals surface area (Å²) in [5.41, 5.74) is 6.81. The molecule has 5 heteroatoms. The number of aryl methyl sites for hydroxylation is 1. The largest absolute Gasteiger partial charge is 0.397 e. The minimum atomic E-state index is -0.489. The van der Waals surface area contributed by atoms with Gasteiger partial charge in [0.1, 0.15) is 5.82 Å². The normalized spacial score (nSPS) is 10.7. The molecule has 4 nitrogen and oxygen atoms in total. The van der Waals surface area contributed by atoms with E-state index in [1.54, 1.807) is 13.0 Å². The summed E-state index contributed by atoms with van der Waals surface area (Å²) in [5, 5.41) is 20.6. The van der Waals surface area contributed by atoms with Gasteiger partial charge in [0.25, 0.3) is 0 Å². The maximum Gasteiger partial charge on any atom is 0.128 e. The van der Waals surface area contributed by atoms with Crippen LogP contribution in [-0.4, -0.2) is 29.5 Å². The Morgan fingerprint density at radius 1 is 1.40 bits per heavy atom. The SMILES string of the molecule is Cc1cc(NC(CO)CO)c(N)cc1F. The van der Waals surface area contributed by atoms with Crippen LogP contribution < -0.4 is 11.1 Å². The van der Waals surface area contributed by atoms with Crippen molar-refractivity contribution < 1.29 is 14.6 Å². The van der Waals surface area contributed by atoms with Crippen molar-refractivity contribution in [3.05, 3.63) is 23.5 Å². The molecule has 0 amide bonds. The van der Waals surface area contributed by atoms with Crippen molar-refractivity contribution in [2.75, 3.05) is 24.3 Å². The lowest BCUT2D eigenvalue weighted by atomic mass is 10.1. The van der Waals surface area contributed by atoms with Gasteiger partial charge in [-0.3, -0.25) is 0 Å². The number of hydrogen-bond acceptors (Lipinski definition) is 4. The van der Waals surface area contributed by atoms with Gasteiger partial charge in [0.2, 0.25) is 0 Å². The topological polar surface area (TPSA) is 78.5 Å². The third-order valence-corrected chi connectivity index (χ3v) is 2.13. The van der Waals surface area contributed by atoms with Gasteiger partial charge in [-0.25, -0.2) is 4.39 Å². The third-order valence-electron chi connectivity index (χ3n) is 2.13. The average Bonchev–Trinajstić information content (AvgIpc) is 2.21. The Morgan fingerprint density at radius 2 is 2.00 bits per heavy atom. The number of benzene rings is 1. The summed E-state index contributed by atoms with van der Waals surface area (Å²) in [6.07, 6.45) is 0. The van der Waals surface area contributed by atoms with Gasteiger partial charge in [-0.1, -0.05) is 0 Å². The summed E-state index contributed by atoms with van der Waals surface area (Å²) in [4.78, 5) is 0. The molecule has 84 valence electrons. The van der Waals surface area contributed by atoms with Gasteiger partial charge in [-0.2, -0.15) is 0 Å². The Hall–Kier alpha value is -1.33. The zero-order chi connectivity index (χ0) is 11.4. The Balaban J connectivity index is 2.89. The van der Waals surface area contributed by atoms with E-state index in [2.05, 4.69) is 5.32 Å². The number of anilines is 2. The lowest BCUT2D eigenvalue weighted by Gasteiger charge is -2.17. The molecular formula is C10H15FN2O2. The zero-order valence-electron chi connectivity index (χ0n) is 8.50. The van der Waals surface area contributed by atoms with Crippen molar-refractivity contribution in [2.45, 2.75) is 13.0 Å². The van der Waals surface area contributed by atoms with Gasteiger partial charge in [-0.15, -0.1) is 0 Å². The van der Waals surface area contributed by atoms with Crippen LogP contribution in [0.4, 0.5) is 15.8 Å². The fourth-order valence-corrected chi connectivity index (χ4v) is 1.19. The predicted octanol–water partition coefficient (Wildman–Crippen LogP) is 0.481. The summed E-state index contributed by atoms with van der Waals surface area (Å²) in [7, 11) is 0. The number of nitrogen functional groups attached to an aromatic ring is 1. The summed E-state index contributed by atoms with van der Waals surface area (Å²) in [5.74, 6) is -0.373. The molecule has 0 heterocycles. The van der Waals surface area contributed by atoms with Gasteiger partial charge in [0.15, 0.2) is 0 Å². The van der Waals surface area contributed by atoms with Crippen LogP contribution >= 0.6 is 0 Å². The molecule has 0 aliphatic carbocycles. The number of hydrogen-bond donors (Lipinski definition) is 4. The quantitative estimate of drug-likeness (QED) is 0.550. The molecule has 0 saturated heterocycles. The maximum atomic E-state index is 13.1. The van der Waals surface area contributed by atoms with E-state index in [1.807, 2.05) is 0 Å². The first-order valence-electron chi connectivity index (χ1n) is 4.62. The number of nitrogens with one attached hydrogen (secondary N) is 1. The van der Waals surface area contributed by atoms with Crippen LogP contribution in [0.5, 0.6) is 0 Å². The fraction of sp³-hybridized carbons (Fsp3) is 0.400. The summed E-state index contributed by atoms with van der Waals surface area (Å²) >= 11 is 0. The number of aliphatic hydroxyl groups is 2. The summed E-state index contributed by atoms with van der Waals surface area (Å²) < 4.78 is 13.1. The van der Waals surface area contributed by atoms with E-state index in [4.69, 9.17) is 15.9 Å². The van der Waals surface area contributed by atoms with Crippen LogP contribution in [0, 0.1) is 12.7 Å². The molecule has 0 spiro atoms. The Labute approximate surface area is 87.5 Å². The van der Waals surface area contributed by atoms with Crippen molar-refractivity contribution in [2.24, 2.45) is 0 Å². The fourth-order valence-electron chi connectivity index (χ4n) is 1.19. The monoisotopic (exact) mass is 214 g/mol. The highest BCUT2D eigenvalue weighted by molar-refractivity contribution is 5.67. The number of rotatable bonds is 4. The molecular weight excluding hydrogens is 199 g/mol. The summed E-state index contributed by atoms with van der Waals surface area (Å²) in [6, 6.07) is 2.27. The lowest BCUT2D eigenvalue weighted by molar-refractivity contribution is 0.204. The van der Waals surface area contributed by atoms with Crippen LogP contribution in [0.15, 0.2) is 12.1 Å². The summed E-state index contributed by atoms with van der Waals surface area (Å²) in [6.45, 7) is 1.19. The Kier molecular flexibility index (Phi) is 3.88. The molecule has 0 aromatic heterocycles. The molecule has 1 rings (SSSR count). The smallest absolute Gasteiger partial charge is 0.128 e. The molecule has 0 aliphatic rings. The molecule has 0 bridgehead atoms. The first kappa shape index (κ1) is 11.7. The highest BCUT2D eigenvalue weighted by Crippen LogP contribution is 2.22. The molecule has 1 aromatic carbocycles. The van der Waals surface area contributed by atoms with Crippen molar-refractivity contribution in [1.82, 2.24) is 0 Å². The van der Waals surface area contributed by atoms with Gasteiger partial charge < -0.3 is 21.3 Å². The highest BCUT2D eigenvalue weighted by atomic mass is 19.1. The van der Waals surface area contributed by atoms with Gasteiger partial charge >= 0.3 is 0 Å². The van der Waals surface area contributed by atoms with Crippen molar-refractivity contribution in [3.8, 4) is 0 Å². The number of nitrogens with two attached hydrogens (primary N) is 1. The first-order valence-corrected chi connectivity index (χ1v) is 4.62. The molecule has 5 N–H and O–H groups in total. The molecule has 0 aliphatic heterocycles. The molecule has 0 fully saturated rings. The van der Waals surface area contributed by atoms with E-state index < -0.39 is 6.04 Å². The maximum absolute atomic E-state index is 13.1. The Morgan fingerprint density at radius 3 is 2.53 bits per heavy atom. The second-order valence-corrected chi connectivity index (χ2v) is 3.40. The van der Waals surface area contributed by atoms with Gasteiger partial charge in [0, 0.05) is 0 Å². The van der Waals surface area contributed by atoms with Crippen molar-refractivity contribution in [1.29, 1.82) is 0 Å². The van der Waals surface area contributed by atoms with E-state index in [-0.39, 0.29) is 24.7 Å². The highest BCUT2D eigenvalue weighted by Gasteiger charge is 2.09. The molecule has 15 heavy (non-hydrogen) atoms. The average molecular weight is 214 g/mol. The van der Waals surface area contributed by atoms with Crippen molar-refractivity contribution in [3.63, 3.8) is 0 Å². The predicted molar refractivity (Wildman–Crippen MR) is 57.1 cm³/mol. The minimum Gasteiger partial charge on any atom is -0.397 e. The van der Waals surface area contributed by atoms with Crippen molar-refractivity contribution >= 4 is 11.4 Å². The molecule has 0 unspecified atom stereocenters. The Bertz CT molecular complexity index is 340. The second-order valence-electron chi connectivity index (χ2n) is 3.40. The number of halogens is 1. The van der Waals surface area contributed by atoms with Gasteiger partial charge in [0.05, 0.1) is 30.6 Å². The minimum absolute atomic E-state index is 0.216. The third kappa shape index (κ3) is 2.81. The van der Waals surface area contributed by atoms with E-state index in [9.17, 15) is 4.39 Å². The van der Waals surface area contributed by atoms with Crippen LogP contribution in [0.1, 0.15) is 5.56 Å². The van der Waals surface area contributed by atoms with E-state index in [1.165, 1.54) is 6.07 Å². The van der Waals surface area contributed by atoms with E-state index >= 15 is 0 Å². The molecule has 0 saturated carbocycles. The molecule has 0 atom stereocenters. The lowest BCUT2D eigenvalue weighted by Crippen LogP contribution is -2.28. The van der Waals surface area contributed by atoms with Gasteiger partial charge in [-0.05, 0) is 24.6 Å². The van der Waals surface area contributed by atoms with Crippen LogP contribution in [0.25, 0.3) is 0 Å². The first-order chi connectivity index (χ1) is 7.08.